The molecule has 1 aliphatic carbocycles. The summed E-state index contributed by atoms with van der Waals surface area (Å²) < 4.78 is 0. The Labute approximate surface area is 153 Å². The van der Waals surface area contributed by atoms with Crippen LogP contribution in [0.1, 0.15) is 35.8 Å². The monoisotopic (exact) mass is 356 g/mol. The summed E-state index contributed by atoms with van der Waals surface area (Å²) in [6.45, 7) is 8.00. The van der Waals surface area contributed by atoms with Crippen molar-refractivity contribution in [2.45, 2.75) is 37.8 Å². The van der Waals surface area contributed by atoms with Gasteiger partial charge in [0.05, 0.1) is 0 Å². The van der Waals surface area contributed by atoms with E-state index in [-0.39, 0.29) is 0 Å². The van der Waals surface area contributed by atoms with Crippen molar-refractivity contribution in [3.05, 3.63) is 29.3 Å². The Bertz CT molecular complexity index is 768. The van der Waals surface area contributed by atoms with E-state index < -0.39 is 0 Å². The summed E-state index contributed by atoms with van der Waals surface area (Å²) >= 11 is 1.60. The van der Waals surface area contributed by atoms with Gasteiger partial charge in [-0.2, -0.15) is 0 Å². The van der Waals surface area contributed by atoms with Crippen LogP contribution in [-0.4, -0.2) is 52.4 Å². The second kappa shape index (κ2) is 6.78. The summed E-state index contributed by atoms with van der Waals surface area (Å²) in [5, 5.41) is 0.852. The van der Waals surface area contributed by atoms with Gasteiger partial charge in [0.25, 0.3) is 0 Å². The molecule has 0 spiro atoms. The van der Waals surface area contributed by atoms with Crippen LogP contribution in [0.3, 0.4) is 0 Å². The number of nitrogens with zero attached hydrogens (tertiary/aromatic N) is 6. The average molecular weight is 356 g/mol. The highest BCUT2D eigenvalue weighted by Crippen LogP contribution is 2.38. The number of hydrogen-bond acceptors (Lipinski definition) is 7. The average Bonchev–Trinajstić information content (AvgIpc) is 3.49. The van der Waals surface area contributed by atoms with E-state index in [9.17, 15) is 0 Å². The quantitative estimate of drug-likeness (QED) is 0.617. The minimum absolute atomic E-state index is 0.595. The Kier molecular flexibility index (Phi) is 4.50. The molecule has 0 bridgehead atoms. The minimum Gasteiger partial charge on any atom is -0.353 e. The first kappa shape index (κ1) is 16.6. The fourth-order valence-electron chi connectivity index (χ4n) is 3.21. The molecule has 1 saturated carbocycles. The van der Waals surface area contributed by atoms with Crippen LogP contribution >= 0.6 is 11.8 Å². The van der Waals surface area contributed by atoms with Crippen molar-refractivity contribution in [3.63, 3.8) is 0 Å². The lowest BCUT2D eigenvalue weighted by Gasteiger charge is -2.36. The van der Waals surface area contributed by atoms with Crippen LogP contribution < -0.4 is 9.80 Å². The summed E-state index contributed by atoms with van der Waals surface area (Å²) in [6.07, 6.45) is 6.41. The predicted molar refractivity (Wildman–Crippen MR) is 102 cm³/mol. The van der Waals surface area contributed by atoms with Gasteiger partial charge in [0, 0.05) is 49.6 Å². The topological polar surface area (TPSA) is 58.0 Å². The Morgan fingerprint density at radius 2 is 1.72 bits per heavy atom. The largest absolute Gasteiger partial charge is 0.353 e. The van der Waals surface area contributed by atoms with E-state index in [1.54, 1.807) is 11.8 Å². The number of aromatic nitrogens is 4. The maximum absolute atomic E-state index is 4.78. The third kappa shape index (κ3) is 3.42. The lowest BCUT2D eigenvalue weighted by Crippen LogP contribution is -2.47. The van der Waals surface area contributed by atoms with Crippen LogP contribution in [0.2, 0.25) is 0 Å². The molecular formula is C18H24N6S. The van der Waals surface area contributed by atoms with Crippen LogP contribution in [0, 0.1) is 13.8 Å². The zero-order valence-electron chi connectivity index (χ0n) is 15.1. The third-order valence-electron chi connectivity index (χ3n) is 5.03. The standard InChI is InChI=1S/C18H24N6S/c1-12-13(2)20-18(25-3)22-17(12)24-10-8-23(9-11-24)15-6-7-19-16(21-15)14-4-5-14/h6-7,14H,4-5,8-11H2,1-3H3. The van der Waals surface area contributed by atoms with Gasteiger partial charge in [0.1, 0.15) is 17.5 Å². The first-order valence-corrected chi connectivity index (χ1v) is 10.1. The van der Waals surface area contributed by atoms with Gasteiger partial charge >= 0.3 is 0 Å². The summed E-state index contributed by atoms with van der Waals surface area (Å²) in [7, 11) is 0. The number of anilines is 2. The Hall–Kier alpha value is -1.89. The normalized spacial score (nSPS) is 17.9. The van der Waals surface area contributed by atoms with Crippen molar-refractivity contribution >= 4 is 23.4 Å². The van der Waals surface area contributed by atoms with E-state index in [0.29, 0.717) is 5.92 Å². The van der Waals surface area contributed by atoms with Crippen molar-refractivity contribution in [3.8, 4) is 0 Å². The number of aryl methyl sites for hydroxylation is 1. The molecule has 2 aliphatic rings. The van der Waals surface area contributed by atoms with E-state index >= 15 is 0 Å². The Morgan fingerprint density at radius 1 is 1.00 bits per heavy atom. The van der Waals surface area contributed by atoms with Gasteiger partial charge in [0.15, 0.2) is 5.16 Å². The van der Waals surface area contributed by atoms with Gasteiger partial charge in [0.2, 0.25) is 0 Å². The third-order valence-corrected chi connectivity index (χ3v) is 5.58. The Balaban J connectivity index is 1.48. The first-order valence-electron chi connectivity index (χ1n) is 8.88. The van der Waals surface area contributed by atoms with Crippen LogP contribution in [0.5, 0.6) is 0 Å². The molecule has 6 nitrogen and oxygen atoms in total. The summed E-state index contributed by atoms with van der Waals surface area (Å²) in [5.74, 6) is 3.76. The minimum atomic E-state index is 0.595. The van der Waals surface area contributed by atoms with E-state index in [1.807, 2.05) is 18.5 Å². The second-order valence-corrected chi connectivity index (χ2v) is 7.54. The van der Waals surface area contributed by atoms with Gasteiger partial charge in [-0.05, 0) is 39.0 Å². The van der Waals surface area contributed by atoms with E-state index in [1.165, 1.54) is 18.4 Å². The van der Waals surface area contributed by atoms with Gasteiger partial charge in [-0.1, -0.05) is 11.8 Å². The number of piperazine rings is 1. The van der Waals surface area contributed by atoms with Crippen molar-refractivity contribution in [2.75, 3.05) is 42.2 Å². The van der Waals surface area contributed by atoms with Crippen LogP contribution in [0.4, 0.5) is 11.6 Å². The summed E-state index contributed by atoms with van der Waals surface area (Å²) in [5.41, 5.74) is 2.26. The number of hydrogen-bond donors (Lipinski definition) is 0. The highest BCUT2D eigenvalue weighted by Gasteiger charge is 2.28. The highest BCUT2D eigenvalue weighted by molar-refractivity contribution is 7.98. The molecule has 0 aromatic carbocycles. The van der Waals surface area contributed by atoms with Crippen molar-refractivity contribution in [1.29, 1.82) is 0 Å². The molecule has 0 unspecified atom stereocenters. The molecule has 0 atom stereocenters. The summed E-state index contributed by atoms with van der Waals surface area (Å²) in [4.78, 5) is 23.2. The van der Waals surface area contributed by atoms with Gasteiger partial charge in [-0.25, -0.2) is 19.9 Å². The van der Waals surface area contributed by atoms with E-state index in [4.69, 9.17) is 9.97 Å². The van der Waals surface area contributed by atoms with Crippen LogP contribution in [0.15, 0.2) is 17.4 Å². The zero-order valence-corrected chi connectivity index (χ0v) is 15.9. The maximum atomic E-state index is 4.78. The molecule has 2 aromatic heterocycles. The lowest BCUT2D eigenvalue weighted by molar-refractivity contribution is 0.633. The van der Waals surface area contributed by atoms with Crippen LogP contribution in [-0.2, 0) is 0 Å². The number of thioether (sulfide) groups is 1. The van der Waals surface area contributed by atoms with Crippen molar-refractivity contribution in [2.24, 2.45) is 0 Å². The SMILES string of the molecule is CSc1nc(C)c(C)c(N2CCN(c3ccnc(C4CC4)n3)CC2)n1. The van der Waals surface area contributed by atoms with Gasteiger partial charge in [-0.15, -0.1) is 0 Å². The fraction of sp³-hybridized carbons (Fsp3) is 0.556. The molecule has 2 fully saturated rings. The molecule has 2 aromatic rings. The van der Waals surface area contributed by atoms with Crippen molar-refractivity contribution < 1.29 is 0 Å². The lowest BCUT2D eigenvalue weighted by atomic mass is 10.2. The number of rotatable bonds is 4. The molecule has 0 amide bonds. The predicted octanol–water partition coefficient (Wildman–Crippen LogP) is 2.81. The smallest absolute Gasteiger partial charge is 0.189 e. The second-order valence-electron chi connectivity index (χ2n) is 6.77. The molecule has 1 saturated heterocycles. The first-order chi connectivity index (χ1) is 12.2. The molecule has 25 heavy (non-hydrogen) atoms. The Morgan fingerprint density at radius 3 is 2.40 bits per heavy atom. The maximum Gasteiger partial charge on any atom is 0.189 e. The van der Waals surface area contributed by atoms with E-state index in [0.717, 1.165) is 54.5 Å². The molecule has 0 N–H and O–H groups in total. The van der Waals surface area contributed by atoms with Gasteiger partial charge in [-0.3, -0.25) is 0 Å². The molecule has 7 heteroatoms. The summed E-state index contributed by atoms with van der Waals surface area (Å²) in [6, 6.07) is 2.04. The van der Waals surface area contributed by atoms with Crippen LogP contribution in [0.25, 0.3) is 0 Å². The highest BCUT2D eigenvalue weighted by atomic mass is 32.2. The zero-order chi connectivity index (χ0) is 17.4. The van der Waals surface area contributed by atoms with Crippen molar-refractivity contribution in [1.82, 2.24) is 19.9 Å². The molecule has 0 radical (unpaired) electrons. The van der Waals surface area contributed by atoms with Gasteiger partial charge < -0.3 is 9.80 Å². The molecule has 4 rings (SSSR count). The van der Waals surface area contributed by atoms with E-state index in [2.05, 4.69) is 33.6 Å². The molecule has 3 heterocycles. The molecular weight excluding hydrogens is 332 g/mol. The molecule has 1 aliphatic heterocycles. The fourth-order valence-corrected chi connectivity index (χ4v) is 3.62. The molecule has 132 valence electrons.